The molecule has 0 saturated carbocycles. The Morgan fingerprint density at radius 2 is 1.31 bits per heavy atom. The molecule has 3 aromatic rings. The maximum atomic E-state index is 3.59. The zero-order valence-electron chi connectivity index (χ0n) is 19.1. The molecule has 0 aliphatic heterocycles. The summed E-state index contributed by atoms with van der Waals surface area (Å²) in [4.78, 5) is 0. The maximum absolute atomic E-state index is 3.59. The Balaban J connectivity index is 0.00000117. The average molecular weight is 386 g/mol. The molecule has 0 unspecified atom stereocenters. The summed E-state index contributed by atoms with van der Waals surface area (Å²) in [7, 11) is 0. The van der Waals surface area contributed by atoms with E-state index in [-0.39, 0.29) is 5.41 Å². The topological polar surface area (TPSA) is 12.0 Å². The lowest BCUT2D eigenvalue weighted by molar-refractivity contribution is 0.411. The Bertz CT molecular complexity index is 972. The smallest absolute Gasteiger partial charge is 0.0387 e. The van der Waals surface area contributed by atoms with Gasteiger partial charge in [-0.2, -0.15) is 0 Å². The van der Waals surface area contributed by atoms with E-state index < -0.39 is 0 Å². The summed E-state index contributed by atoms with van der Waals surface area (Å²) in [5.41, 5.74) is 9.59. The minimum Gasteiger partial charge on any atom is -0.356 e. The summed E-state index contributed by atoms with van der Waals surface area (Å²) in [6, 6.07) is 24.4. The maximum Gasteiger partial charge on any atom is 0.0387 e. The lowest BCUT2D eigenvalue weighted by atomic mass is 9.82. The molecule has 0 bridgehead atoms. The van der Waals surface area contributed by atoms with Crippen LogP contribution in [0.25, 0.3) is 11.1 Å². The van der Waals surface area contributed by atoms with Gasteiger partial charge in [-0.25, -0.2) is 0 Å². The molecule has 1 aliphatic carbocycles. The molecule has 0 fully saturated rings. The van der Waals surface area contributed by atoms with E-state index in [4.69, 9.17) is 0 Å². The molecule has 0 atom stereocenters. The molecule has 4 rings (SSSR count). The predicted molar refractivity (Wildman–Crippen MR) is 128 cm³/mol. The van der Waals surface area contributed by atoms with Gasteiger partial charge in [0.1, 0.15) is 0 Å². The summed E-state index contributed by atoms with van der Waals surface area (Å²) >= 11 is 0. The molecule has 1 aliphatic rings. The van der Waals surface area contributed by atoms with Gasteiger partial charge in [0.25, 0.3) is 0 Å². The van der Waals surface area contributed by atoms with Crippen molar-refractivity contribution in [3.8, 4) is 11.1 Å². The number of fused-ring (bicyclic) bond motifs is 3. The first-order valence-electron chi connectivity index (χ1n) is 10.8. The van der Waals surface area contributed by atoms with E-state index in [2.05, 4.69) is 107 Å². The minimum absolute atomic E-state index is 0.0418. The van der Waals surface area contributed by atoms with E-state index in [0.29, 0.717) is 5.41 Å². The van der Waals surface area contributed by atoms with E-state index in [1.54, 1.807) is 0 Å². The summed E-state index contributed by atoms with van der Waals surface area (Å²) < 4.78 is 0. The van der Waals surface area contributed by atoms with Crippen LogP contribution in [-0.4, -0.2) is 0 Å². The average Bonchev–Trinajstić information content (AvgIpc) is 2.92. The number of nitrogens with one attached hydrogen (secondary N) is 1. The Morgan fingerprint density at radius 1 is 0.724 bits per heavy atom. The molecule has 1 N–H and O–H groups in total. The van der Waals surface area contributed by atoms with Crippen LogP contribution in [0.2, 0.25) is 0 Å². The first-order valence-corrected chi connectivity index (χ1v) is 10.8. The fourth-order valence-electron chi connectivity index (χ4n) is 4.27. The van der Waals surface area contributed by atoms with Crippen LogP contribution in [0.3, 0.4) is 0 Å². The van der Waals surface area contributed by atoms with Crippen LogP contribution in [-0.2, 0) is 11.8 Å². The molecule has 0 radical (unpaired) electrons. The molecule has 0 saturated heterocycles. The molecule has 1 nitrogen and oxygen atoms in total. The van der Waals surface area contributed by atoms with Gasteiger partial charge in [0.2, 0.25) is 0 Å². The van der Waals surface area contributed by atoms with Gasteiger partial charge in [0, 0.05) is 16.8 Å². The van der Waals surface area contributed by atoms with Gasteiger partial charge in [-0.3, -0.25) is 0 Å². The molecule has 0 aromatic heterocycles. The largest absolute Gasteiger partial charge is 0.356 e. The highest BCUT2D eigenvalue weighted by Gasteiger charge is 2.35. The van der Waals surface area contributed by atoms with Gasteiger partial charge < -0.3 is 5.32 Å². The van der Waals surface area contributed by atoms with E-state index in [1.165, 1.54) is 27.8 Å². The number of benzene rings is 3. The Morgan fingerprint density at radius 3 is 1.97 bits per heavy atom. The standard InChI is InChI=1S/C26H29N.C2H6/c1-25(2,3)17-18-10-12-19(13-11-18)27-20-14-15-22-21-8-6-7-9-23(21)26(4,5)24(22)16-20;1-2/h6-16,27H,17H2,1-5H3;1-2H3. The highest BCUT2D eigenvalue weighted by atomic mass is 14.9. The first-order chi connectivity index (χ1) is 13.7. The molecule has 0 heterocycles. The van der Waals surface area contributed by atoms with Crippen LogP contribution in [0.15, 0.2) is 66.7 Å². The summed E-state index contributed by atoms with van der Waals surface area (Å²) in [6.45, 7) is 15.5. The van der Waals surface area contributed by atoms with Gasteiger partial charge in [0.15, 0.2) is 0 Å². The van der Waals surface area contributed by atoms with Gasteiger partial charge in [-0.1, -0.05) is 90.9 Å². The lowest BCUT2D eigenvalue weighted by Gasteiger charge is -2.22. The van der Waals surface area contributed by atoms with Crippen LogP contribution < -0.4 is 5.32 Å². The van der Waals surface area contributed by atoms with E-state index in [9.17, 15) is 0 Å². The van der Waals surface area contributed by atoms with Crippen molar-refractivity contribution in [1.29, 1.82) is 0 Å². The fourth-order valence-corrected chi connectivity index (χ4v) is 4.27. The second-order valence-corrected chi connectivity index (χ2v) is 9.49. The van der Waals surface area contributed by atoms with Crippen molar-refractivity contribution in [1.82, 2.24) is 0 Å². The van der Waals surface area contributed by atoms with E-state index in [0.717, 1.165) is 17.8 Å². The van der Waals surface area contributed by atoms with Crippen molar-refractivity contribution in [2.45, 2.75) is 60.3 Å². The normalized spacial score (nSPS) is 13.8. The van der Waals surface area contributed by atoms with Crippen molar-refractivity contribution in [3.05, 3.63) is 83.4 Å². The van der Waals surface area contributed by atoms with Crippen molar-refractivity contribution in [2.24, 2.45) is 5.41 Å². The first kappa shape index (κ1) is 21.2. The SMILES string of the molecule is CC.CC(C)(C)Cc1ccc(Nc2ccc3c(c2)C(C)(C)c2ccccc2-3)cc1. The number of anilines is 2. The Kier molecular flexibility index (Phi) is 5.89. The molecule has 1 heteroatoms. The molecular weight excluding hydrogens is 350 g/mol. The van der Waals surface area contributed by atoms with Crippen LogP contribution in [0, 0.1) is 5.41 Å². The summed E-state index contributed by atoms with van der Waals surface area (Å²) in [5.74, 6) is 0. The molecule has 0 spiro atoms. The van der Waals surface area contributed by atoms with Crippen LogP contribution in [0.1, 0.15) is 65.2 Å². The third kappa shape index (κ3) is 4.40. The van der Waals surface area contributed by atoms with Crippen molar-refractivity contribution < 1.29 is 0 Å². The van der Waals surface area contributed by atoms with E-state index >= 15 is 0 Å². The zero-order chi connectivity index (χ0) is 21.2. The second-order valence-electron chi connectivity index (χ2n) is 9.49. The molecule has 29 heavy (non-hydrogen) atoms. The highest BCUT2D eigenvalue weighted by Crippen LogP contribution is 2.49. The molecule has 152 valence electrons. The predicted octanol–water partition coefficient (Wildman–Crippen LogP) is 8.35. The fraction of sp³-hybridized carbons (Fsp3) is 0.357. The Hall–Kier alpha value is -2.54. The van der Waals surface area contributed by atoms with Crippen LogP contribution in [0.4, 0.5) is 11.4 Å². The number of hydrogen-bond acceptors (Lipinski definition) is 1. The van der Waals surface area contributed by atoms with E-state index in [1.807, 2.05) is 13.8 Å². The van der Waals surface area contributed by atoms with Crippen LogP contribution in [0.5, 0.6) is 0 Å². The summed E-state index contributed by atoms with van der Waals surface area (Å²) in [5, 5.41) is 3.59. The van der Waals surface area contributed by atoms with Crippen molar-refractivity contribution >= 4 is 11.4 Å². The quantitative estimate of drug-likeness (QED) is 0.477. The van der Waals surface area contributed by atoms with Crippen molar-refractivity contribution in [3.63, 3.8) is 0 Å². The van der Waals surface area contributed by atoms with Crippen molar-refractivity contribution in [2.75, 3.05) is 5.32 Å². The lowest BCUT2D eigenvalue weighted by Crippen LogP contribution is -2.15. The minimum atomic E-state index is 0.0418. The van der Waals surface area contributed by atoms with Crippen LogP contribution >= 0.6 is 0 Å². The number of rotatable bonds is 3. The zero-order valence-corrected chi connectivity index (χ0v) is 19.1. The van der Waals surface area contributed by atoms with Gasteiger partial charge in [-0.15, -0.1) is 0 Å². The molecular formula is C28H35N. The third-order valence-corrected chi connectivity index (χ3v) is 5.56. The Labute approximate surface area is 177 Å². The van der Waals surface area contributed by atoms with Gasteiger partial charge >= 0.3 is 0 Å². The van der Waals surface area contributed by atoms with Gasteiger partial charge in [-0.05, 0) is 63.9 Å². The summed E-state index contributed by atoms with van der Waals surface area (Å²) in [6.07, 6.45) is 1.10. The molecule has 3 aromatic carbocycles. The number of hydrogen-bond donors (Lipinski definition) is 1. The second kappa shape index (κ2) is 8.06. The molecule has 0 amide bonds. The monoisotopic (exact) mass is 385 g/mol. The highest BCUT2D eigenvalue weighted by molar-refractivity contribution is 5.82. The van der Waals surface area contributed by atoms with Gasteiger partial charge in [0.05, 0.1) is 0 Å². The third-order valence-electron chi connectivity index (χ3n) is 5.56.